The fraction of sp³-hybridized carbons (Fsp3) is 0.250. The molecule has 0 saturated carbocycles. The molecule has 18 heavy (non-hydrogen) atoms. The molecule has 0 radical (unpaired) electrons. The minimum Gasteiger partial charge on any atom is -0.480 e. The van der Waals surface area contributed by atoms with Gasteiger partial charge in [0, 0.05) is 12.1 Å². The highest BCUT2D eigenvalue weighted by molar-refractivity contribution is 6.02. The van der Waals surface area contributed by atoms with Crippen molar-refractivity contribution in [2.45, 2.75) is 18.9 Å². The molecule has 92 valence electrons. The van der Waals surface area contributed by atoms with Crippen molar-refractivity contribution in [2.75, 3.05) is 4.90 Å². The quantitative estimate of drug-likeness (QED) is 0.854. The summed E-state index contributed by atoms with van der Waals surface area (Å²) in [6.45, 7) is 0. The molecule has 0 aromatic heterocycles. The van der Waals surface area contributed by atoms with Crippen LogP contribution in [-0.2, 0) is 9.59 Å². The molecule has 1 aromatic rings. The molecule has 0 aliphatic carbocycles. The number of aliphatic carboxylic acids is 1. The van der Waals surface area contributed by atoms with E-state index in [1.165, 1.54) is 12.1 Å². The van der Waals surface area contributed by atoms with Crippen molar-refractivity contribution < 1.29 is 19.1 Å². The van der Waals surface area contributed by atoms with Crippen LogP contribution in [0.3, 0.4) is 0 Å². The van der Waals surface area contributed by atoms with E-state index in [0.29, 0.717) is 0 Å². The van der Waals surface area contributed by atoms with Crippen molar-refractivity contribution in [1.29, 1.82) is 5.26 Å². The lowest BCUT2D eigenvalue weighted by molar-refractivity contribution is -0.138. The summed E-state index contributed by atoms with van der Waals surface area (Å²) in [5.74, 6) is -2.24. The van der Waals surface area contributed by atoms with Crippen LogP contribution >= 0.6 is 0 Å². The van der Waals surface area contributed by atoms with Gasteiger partial charge in [-0.25, -0.2) is 9.18 Å². The zero-order valence-electron chi connectivity index (χ0n) is 9.26. The molecule has 5 nitrogen and oxygen atoms in total. The van der Waals surface area contributed by atoms with Crippen LogP contribution in [0.4, 0.5) is 10.1 Å². The fourth-order valence-electron chi connectivity index (χ4n) is 1.99. The average Bonchev–Trinajstić information content (AvgIpc) is 2.71. The number of benzene rings is 1. The Labute approximate surface area is 102 Å². The SMILES string of the molecule is N#Cc1ccc(N2C(=O)CCC2C(=O)O)cc1F. The van der Waals surface area contributed by atoms with Crippen LogP contribution in [0.5, 0.6) is 0 Å². The van der Waals surface area contributed by atoms with E-state index in [2.05, 4.69) is 0 Å². The summed E-state index contributed by atoms with van der Waals surface area (Å²) in [6.07, 6.45) is 0.328. The number of hydrogen-bond donors (Lipinski definition) is 1. The number of nitriles is 1. The largest absolute Gasteiger partial charge is 0.480 e. The minimum absolute atomic E-state index is 0.124. The zero-order chi connectivity index (χ0) is 13.3. The summed E-state index contributed by atoms with van der Waals surface area (Å²) in [6, 6.07) is 4.31. The highest BCUT2D eigenvalue weighted by Crippen LogP contribution is 2.28. The number of anilines is 1. The lowest BCUT2D eigenvalue weighted by Gasteiger charge is -2.21. The van der Waals surface area contributed by atoms with Gasteiger partial charge in [0.1, 0.15) is 17.9 Å². The summed E-state index contributed by atoms with van der Waals surface area (Å²) < 4.78 is 13.5. The van der Waals surface area contributed by atoms with E-state index in [0.717, 1.165) is 11.0 Å². The molecule has 1 heterocycles. The Morgan fingerprint density at radius 2 is 2.28 bits per heavy atom. The van der Waals surface area contributed by atoms with Crippen molar-refractivity contribution >= 4 is 17.6 Å². The van der Waals surface area contributed by atoms with Gasteiger partial charge in [-0.2, -0.15) is 5.26 Å². The molecule has 1 fully saturated rings. The third-order valence-corrected chi connectivity index (χ3v) is 2.85. The van der Waals surface area contributed by atoms with Crippen LogP contribution in [0.1, 0.15) is 18.4 Å². The van der Waals surface area contributed by atoms with Crippen LogP contribution in [0, 0.1) is 17.1 Å². The fourth-order valence-corrected chi connectivity index (χ4v) is 1.99. The van der Waals surface area contributed by atoms with E-state index < -0.39 is 17.8 Å². The van der Waals surface area contributed by atoms with E-state index in [4.69, 9.17) is 10.4 Å². The van der Waals surface area contributed by atoms with Gasteiger partial charge in [-0.15, -0.1) is 0 Å². The molecule has 2 rings (SSSR count). The standard InChI is InChI=1S/C12H9FN2O3/c13-9-5-8(2-1-7(9)6-14)15-10(12(17)18)3-4-11(15)16/h1-2,5,10H,3-4H2,(H,17,18). The Hall–Kier alpha value is -2.42. The average molecular weight is 248 g/mol. The first-order valence-electron chi connectivity index (χ1n) is 5.29. The van der Waals surface area contributed by atoms with Crippen LogP contribution in [-0.4, -0.2) is 23.0 Å². The van der Waals surface area contributed by atoms with Crippen LogP contribution < -0.4 is 4.90 Å². The number of amides is 1. The maximum absolute atomic E-state index is 13.5. The number of carboxylic acid groups (broad SMARTS) is 1. The lowest BCUT2D eigenvalue weighted by Crippen LogP contribution is -2.38. The number of carboxylic acids is 1. The summed E-state index contributed by atoms with van der Waals surface area (Å²) in [5.41, 5.74) is 0.0265. The second kappa shape index (κ2) is 4.45. The smallest absolute Gasteiger partial charge is 0.326 e. The van der Waals surface area contributed by atoms with E-state index in [1.54, 1.807) is 6.07 Å². The molecule has 0 spiro atoms. The summed E-state index contributed by atoms with van der Waals surface area (Å²) in [5, 5.41) is 17.6. The Bertz CT molecular complexity index is 565. The molecular formula is C12H9FN2O3. The van der Waals surface area contributed by atoms with Crippen molar-refractivity contribution in [3.8, 4) is 6.07 Å². The maximum atomic E-state index is 13.5. The van der Waals surface area contributed by atoms with Gasteiger partial charge in [0.25, 0.3) is 0 Å². The number of halogens is 1. The Kier molecular flexibility index (Phi) is 2.98. The molecule has 1 N–H and O–H groups in total. The number of carbonyl (C=O) groups excluding carboxylic acids is 1. The number of rotatable bonds is 2. The first-order valence-corrected chi connectivity index (χ1v) is 5.29. The predicted octanol–water partition coefficient (Wildman–Crippen LogP) is 1.28. The zero-order valence-corrected chi connectivity index (χ0v) is 9.26. The second-order valence-corrected chi connectivity index (χ2v) is 3.93. The van der Waals surface area contributed by atoms with Gasteiger partial charge >= 0.3 is 5.97 Å². The highest BCUT2D eigenvalue weighted by Gasteiger charge is 2.37. The normalized spacial score (nSPS) is 18.8. The van der Waals surface area contributed by atoms with Crippen molar-refractivity contribution in [2.24, 2.45) is 0 Å². The molecule has 1 aliphatic heterocycles. The summed E-state index contributed by atoms with van der Waals surface area (Å²) in [7, 11) is 0. The first kappa shape index (κ1) is 12.0. The first-order chi connectivity index (χ1) is 8.54. The van der Waals surface area contributed by atoms with Gasteiger partial charge in [-0.05, 0) is 24.6 Å². The summed E-state index contributed by atoms with van der Waals surface area (Å²) >= 11 is 0. The number of carbonyl (C=O) groups is 2. The molecule has 1 unspecified atom stereocenters. The molecular weight excluding hydrogens is 239 g/mol. The Morgan fingerprint density at radius 1 is 1.56 bits per heavy atom. The van der Waals surface area contributed by atoms with Crippen LogP contribution in [0.2, 0.25) is 0 Å². The maximum Gasteiger partial charge on any atom is 0.326 e. The van der Waals surface area contributed by atoms with E-state index >= 15 is 0 Å². The van der Waals surface area contributed by atoms with Gasteiger partial charge in [-0.1, -0.05) is 0 Å². The third-order valence-electron chi connectivity index (χ3n) is 2.85. The lowest BCUT2D eigenvalue weighted by atomic mass is 10.1. The topological polar surface area (TPSA) is 81.4 Å². The molecule has 0 bridgehead atoms. The number of nitrogens with zero attached hydrogens (tertiary/aromatic N) is 2. The highest BCUT2D eigenvalue weighted by atomic mass is 19.1. The van der Waals surface area contributed by atoms with Gasteiger partial charge in [-0.3, -0.25) is 9.69 Å². The summed E-state index contributed by atoms with van der Waals surface area (Å²) in [4.78, 5) is 23.7. The number of hydrogen-bond acceptors (Lipinski definition) is 3. The van der Waals surface area contributed by atoms with Gasteiger partial charge in [0.2, 0.25) is 5.91 Å². The van der Waals surface area contributed by atoms with Crippen molar-refractivity contribution in [1.82, 2.24) is 0 Å². The minimum atomic E-state index is -1.12. The second-order valence-electron chi connectivity index (χ2n) is 3.93. The predicted molar refractivity (Wildman–Crippen MR) is 59.3 cm³/mol. The third kappa shape index (κ3) is 1.91. The van der Waals surface area contributed by atoms with E-state index in [-0.39, 0.29) is 30.0 Å². The van der Waals surface area contributed by atoms with Gasteiger partial charge in [0.05, 0.1) is 5.56 Å². The van der Waals surface area contributed by atoms with Gasteiger partial charge in [0.15, 0.2) is 0 Å². The van der Waals surface area contributed by atoms with E-state index in [1.807, 2.05) is 0 Å². The van der Waals surface area contributed by atoms with Gasteiger partial charge < -0.3 is 5.11 Å². The van der Waals surface area contributed by atoms with Crippen molar-refractivity contribution in [3.05, 3.63) is 29.6 Å². The molecule has 1 saturated heterocycles. The van der Waals surface area contributed by atoms with Crippen LogP contribution in [0.25, 0.3) is 0 Å². The Balaban J connectivity index is 2.41. The molecule has 1 atom stereocenters. The molecule has 1 aromatic carbocycles. The van der Waals surface area contributed by atoms with Crippen molar-refractivity contribution in [3.63, 3.8) is 0 Å². The van der Waals surface area contributed by atoms with E-state index in [9.17, 15) is 14.0 Å². The molecule has 6 heteroatoms. The molecule has 1 aliphatic rings. The Morgan fingerprint density at radius 3 is 2.83 bits per heavy atom. The molecule has 1 amide bonds. The van der Waals surface area contributed by atoms with Crippen LogP contribution in [0.15, 0.2) is 18.2 Å². The monoisotopic (exact) mass is 248 g/mol.